The normalized spacial score (nSPS) is 22.4. The van der Waals surface area contributed by atoms with Gasteiger partial charge >= 0.3 is 5.97 Å². The van der Waals surface area contributed by atoms with Gasteiger partial charge in [-0.2, -0.15) is 0 Å². The fraction of sp³-hybridized carbons (Fsp3) is 0.529. The van der Waals surface area contributed by atoms with Gasteiger partial charge in [0.25, 0.3) is 0 Å². The van der Waals surface area contributed by atoms with Crippen molar-refractivity contribution in [3.05, 3.63) is 46.0 Å². The topological polar surface area (TPSA) is 86.5 Å². The Morgan fingerprint density at radius 3 is 2.61 bits per heavy atom. The molecule has 1 aromatic rings. The molecule has 0 aromatic heterocycles. The number of hydrogen-bond donors (Lipinski definition) is 0. The maximum atomic E-state index is 12.7. The van der Waals surface area contributed by atoms with Gasteiger partial charge in [-0.3, -0.25) is 19.7 Å². The molecular weight excluding hydrogens is 298 g/mol. The molecule has 0 radical (unpaired) electrons. The van der Waals surface area contributed by atoms with Crippen molar-refractivity contribution in [3.63, 3.8) is 0 Å². The first-order valence-corrected chi connectivity index (χ1v) is 7.89. The van der Waals surface area contributed by atoms with E-state index in [1.807, 2.05) is 0 Å². The minimum Gasteiger partial charge on any atom is -0.465 e. The number of ether oxygens (including phenoxy) is 1. The van der Waals surface area contributed by atoms with Crippen LogP contribution in [-0.2, 0) is 14.3 Å². The van der Waals surface area contributed by atoms with Crippen molar-refractivity contribution in [2.75, 3.05) is 13.2 Å². The zero-order valence-corrected chi connectivity index (χ0v) is 13.2. The number of nitrogens with zero attached hydrogens (tertiary/aromatic N) is 1. The highest BCUT2D eigenvalue weighted by Crippen LogP contribution is 2.46. The molecule has 124 valence electrons. The molecule has 1 saturated carbocycles. The van der Waals surface area contributed by atoms with Gasteiger partial charge in [0.15, 0.2) is 5.78 Å². The summed E-state index contributed by atoms with van der Waals surface area (Å²) in [5.74, 6) is -1.66. The minimum atomic E-state index is -1.44. The molecule has 0 spiro atoms. The van der Waals surface area contributed by atoms with E-state index in [-0.39, 0.29) is 18.8 Å². The molecule has 1 fully saturated rings. The average Bonchev–Trinajstić information content (AvgIpc) is 2.54. The number of carbonyl (C=O) groups is 2. The number of carbonyl (C=O) groups excluding carboxylic acids is 2. The number of esters is 1. The first-order chi connectivity index (χ1) is 11.0. The summed E-state index contributed by atoms with van der Waals surface area (Å²) < 4.78 is 5.16. The zero-order valence-electron chi connectivity index (χ0n) is 13.2. The van der Waals surface area contributed by atoms with Crippen LogP contribution in [0, 0.1) is 15.5 Å². The maximum Gasteiger partial charge on any atom is 0.320 e. The molecule has 6 heteroatoms. The summed E-state index contributed by atoms with van der Waals surface area (Å²) in [4.78, 5) is 36.1. The van der Waals surface area contributed by atoms with E-state index >= 15 is 0 Å². The van der Waals surface area contributed by atoms with Gasteiger partial charge in [0, 0.05) is 11.3 Å². The highest BCUT2D eigenvalue weighted by Gasteiger charge is 2.55. The number of benzene rings is 1. The molecule has 0 amide bonds. The molecule has 0 bridgehead atoms. The number of Topliss-reactive ketones (excluding diaryl/α,β-unsaturated/α-hetero) is 1. The van der Waals surface area contributed by atoms with Gasteiger partial charge in [0.05, 0.1) is 12.5 Å². The SMILES string of the molecule is CCOC(=O)C1([C@H](C[N+](=O)[O-])c2ccccc2)CCCCC1=O. The monoisotopic (exact) mass is 319 g/mol. The standard InChI is InChI=1S/C17H21NO5/c1-2-23-16(20)17(11-7-6-10-15(17)19)14(12-18(21)22)13-8-4-3-5-9-13/h3-5,8-9,14H,2,6-7,10-12H2,1H3/t14-,17?/m1/s1. The molecule has 23 heavy (non-hydrogen) atoms. The maximum absolute atomic E-state index is 12.7. The van der Waals surface area contributed by atoms with Crippen LogP contribution in [-0.4, -0.2) is 29.8 Å². The second-order valence-corrected chi connectivity index (χ2v) is 5.80. The van der Waals surface area contributed by atoms with Crippen molar-refractivity contribution < 1.29 is 19.2 Å². The lowest BCUT2D eigenvalue weighted by molar-refractivity contribution is -0.485. The molecular formula is C17H21NO5. The van der Waals surface area contributed by atoms with Crippen molar-refractivity contribution in [2.24, 2.45) is 5.41 Å². The summed E-state index contributed by atoms with van der Waals surface area (Å²) in [6, 6.07) is 8.78. The van der Waals surface area contributed by atoms with Crippen LogP contribution in [0.5, 0.6) is 0 Å². The highest BCUT2D eigenvalue weighted by molar-refractivity contribution is 6.05. The van der Waals surface area contributed by atoms with E-state index < -0.39 is 28.8 Å². The van der Waals surface area contributed by atoms with Gasteiger partial charge in [-0.15, -0.1) is 0 Å². The molecule has 1 aliphatic carbocycles. The van der Waals surface area contributed by atoms with E-state index in [0.717, 1.165) is 0 Å². The summed E-state index contributed by atoms with van der Waals surface area (Å²) in [5.41, 5.74) is -0.810. The predicted molar refractivity (Wildman–Crippen MR) is 83.6 cm³/mol. The Morgan fingerprint density at radius 2 is 2.04 bits per heavy atom. The second kappa shape index (κ2) is 7.35. The third kappa shape index (κ3) is 3.41. The quantitative estimate of drug-likeness (QED) is 0.348. The van der Waals surface area contributed by atoms with Crippen molar-refractivity contribution in [3.8, 4) is 0 Å². The van der Waals surface area contributed by atoms with E-state index in [1.54, 1.807) is 37.3 Å². The average molecular weight is 319 g/mol. The van der Waals surface area contributed by atoms with Gasteiger partial charge in [0.2, 0.25) is 6.54 Å². The van der Waals surface area contributed by atoms with Gasteiger partial charge in [-0.05, 0) is 25.3 Å². The number of nitro groups is 1. The Balaban J connectivity index is 2.53. The third-order valence-electron chi connectivity index (χ3n) is 4.49. The fourth-order valence-corrected chi connectivity index (χ4v) is 3.42. The number of hydrogen-bond acceptors (Lipinski definition) is 5. The van der Waals surface area contributed by atoms with Crippen LogP contribution in [0.4, 0.5) is 0 Å². The Bertz CT molecular complexity index is 586. The minimum absolute atomic E-state index is 0.147. The van der Waals surface area contributed by atoms with Crippen molar-refractivity contribution in [1.29, 1.82) is 0 Å². The van der Waals surface area contributed by atoms with E-state index in [0.29, 0.717) is 24.8 Å². The summed E-state index contributed by atoms with van der Waals surface area (Å²) >= 11 is 0. The molecule has 0 saturated heterocycles. The van der Waals surface area contributed by atoms with Crippen LogP contribution in [0.3, 0.4) is 0 Å². The second-order valence-electron chi connectivity index (χ2n) is 5.80. The van der Waals surface area contributed by atoms with Crippen LogP contribution < -0.4 is 0 Å². The molecule has 1 unspecified atom stereocenters. The van der Waals surface area contributed by atoms with Crippen molar-refractivity contribution in [1.82, 2.24) is 0 Å². The van der Waals surface area contributed by atoms with Gasteiger partial charge in [0.1, 0.15) is 5.41 Å². The van der Waals surface area contributed by atoms with Gasteiger partial charge in [-0.1, -0.05) is 36.8 Å². The summed E-state index contributed by atoms with van der Waals surface area (Å²) in [6.45, 7) is 1.35. The van der Waals surface area contributed by atoms with E-state index in [4.69, 9.17) is 4.74 Å². The highest BCUT2D eigenvalue weighted by atomic mass is 16.6. The lowest BCUT2D eigenvalue weighted by Gasteiger charge is -2.38. The van der Waals surface area contributed by atoms with E-state index in [1.165, 1.54) is 0 Å². The van der Waals surface area contributed by atoms with Crippen LogP contribution in [0.15, 0.2) is 30.3 Å². The van der Waals surface area contributed by atoms with E-state index in [2.05, 4.69) is 0 Å². The van der Waals surface area contributed by atoms with Crippen LogP contribution in [0.1, 0.15) is 44.1 Å². The summed E-state index contributed by atoms with van der Waals surface area (Å²) in [5, 5.41) is 11.2. The molecule has 2 atom stereocenters. The fourth-order valence-electron chi connectivity index (χ4n) is 3.42. The Labute approximate surface area is 135 Å². The molecule has 0 aliphatic heterocycles. The lowest BCUT2D eigenvalue weighted by Crippen LogP contribution is -2.49. The summed E-state index contributed by atoms with van der Waals surface area (Å²) in [7, 11) is 0. The molecule has 1 aromatic carbocycles. The first-order valence-electron chi connectivity index (χ1n) is 7.89. The Kier molecular flexibility index (Phi) is 5.47. The van der Waals surface area contributed by atoms with E-state index in [9.17, 15) is 19.7 Å². The number of ketones is 1. The predicted octanol–water partition coefficient (Wildman–Crippen LogP) is 2.74. The van der Waals surface area contributed by atoms with Gasteiger partial charge in [-0.25, -0.2) is 0 Å². The smallest absolute Gasteiger partial charge is 0.320 e. The lowest BCUT2D eigenvalue weighted by atomic mass is 9.63. The van der Waals surface area contributed by atoms with Crippen molar-refractivity contribution >= 4 is 11.8 Å². The van der Waals surface area contributed by atoms with Crippen LogP contribution >= 0.6 is 0 Å². The Morgan fingerprint density at radius 1 is 1.35 bits per heavy atom. The molecule has 2 rings (SSSR count). The number of rotatable bonds is 6. The molecule has 6 nitrogen and oxygen atoms in total. The summed E-state index contributed by atoms with van der Waals surface area (Å²) in [6.07, 6.45) is 1.96. The molecule has 0 heterocycles. The van der Waals surface area contributed by atoms with Crippen LogP contribution in [0.2, 0.25) is 0 Å². The third-order valence-corrected chi connectivity index (χ3v) is 4.49. The van der Waals surface area contributed by atoms with Crippen LogP contribution in [0.25, 0.3) is 0 Å². The van der Waals surface area contributed by atoms with Crippen molar-refractivity contribution in [2.45, 2.75) is 38.5 Å². The van der Waals surface area contributed by atoms with Gasteiger partial charge < -0.3 is 4.74 Å². The molecule has 0 N–H and O–H groups in total. The Hall–Kier alpha value is -2.24. The molecule has 1 aliphatic rings. The zero-order chi connectivity index (χ0) is 16.9. The largest absolute Gasteiger partial charge is 0.465 e. The first kappa shape index (κ1) is 17.1.